The van der Waals surface area contributed by atoms with Crippen LogP contribution in [0.4, 0.5) is 5.69 Å². The molecule has 1 aromatic carbocycles. The summed E-state index contributed by atoms with van der Waals surface area (Å²) in [5.41, 5.74) is 0.689. The average molecular weight is 286 g/mol. The number of rotatable bonds is 6. The molecule has 0 atom stereocenters. The average Bonchev–Trinajstić information content (AvgIpc) is 2.37. The van der Waals surface area contributed by atoms with Crippen molar-refractivity contribution in [2.75, 3.05) is 20.6 Å². The number of hydrogen-bond donors (Lipinski definition) is 1. The molecule has 0 bridgehead atoms. The summed E-state index contributed by atoms with van der Waals surface area (Å²) in [6, 6.07) is 4.71. The summed E-state index contributed by atoms with van der Waals surface area (Å²) >= 11 is 5.74. The predicted octanol–water partition coefficient (Wildman–Crippen LogP) is 1.82. The van der Waals surface area contributed by atoms with Crippen LogP contribution in [0.3, 0.4) is 0 Å². The number of hydrogen-bond acceptors (Lipinski definition) is 4. The van der Waals surface area contributed by atoms with Crippen LogP contribution in [-0.4, -0.2) is 36.4 Å². The molecular formula is C12H16ClN3O3. The van der Waals surface area contributed by atoms with Gasteiger partial charge in [-0.05, 0) is 18.7 Å². The summed E-state index contributed by atoms with van der Waals surface area (Å²) in [6.45, 7) is 1.10. The Labute approximate surface area is 116 Å². The number of halogens is 1. The molecule has 1 aromatic rings. The van der Waals surface area contributed by atoms with E-state index in [4.69, 9.17) is 11.6 Å². The fourth-order valence-corrected chi connectivity index (χ4v) is 1.79. The van der Waals surface area contributed by atoms with E-state index in [9.17, 15) is 14.9 Å². The van der Waals surface area contributed by atoms with Crippen molar-refractivity contribution in [3.63, 3.8) is 0 Å². The van der Waals surface area contributed by atoms with E-state index in [2.05, 4.69) is 5.32 Å². The van der Waals surface area contributed by atoms with Gasteiger partial charge in [-0.1, -0.05) is 17.7 Å². The first-order valence-electron chi connectivity index (χ1n) is 5.76. The minimum absolute atomic E-state index is 0.0334. The normalized spacial score (nSPS) is 10.5. The highest BCUT2D eigenvalue weighted by atomic mass is 35.5. The van der Waals surface area contributed by atoms with E-state index in [0.717, 1.165) is 5.56 Å². The van der Waals surface area contributed by atoms with E-state index in [0.29, 0.717) is 19.5 Å². The monoisotopic (exact) mass is 285 g/mol. The molecule has 0 heterocycles. The molecule has 1 rings (SSSR count). The standard InChI is InChI=1S/C12H16ClN3O3/c1-14-12(17)5-6-15(2)8-9-3-4-10(13)11(7-9)16(18)19/h3-4,7H,5-6,8H2,1-2H3,(H,14,17). The Morgan fingerprint density at radius 3 is 2.79 bits per heavy atom. The van der Waals surface area contributed by atoms with Gasteiger partial charge in [0.2, 0.25) is 5.91 Å². The fourth-order valence-electron chi connectivity index (χ4n) is 1.60. The van der Waals surface area contributed by atoms with E-state index in [1.807, 2.05) is 11.9 Å². The van der Waals surface area contributed by atoms with Crippen LogP contribution in [-0.2, 0) is 11.3 Å². The number of nitrogens with zero attached hydrogens (tertiary/aromatic N) is 2. The third kappa shape index (κ3) is 4.84. The van der Waals surface area contributed by atoms with Crippen molar-refractivity contribution < 1.29 is 9.72 Å². The molecule has 0 saturated heterocycles. The van der Waals surface area contributed by atoms with Crippen molar-refractivity contribution in [2.24, 2.45) is 0 Å². The highest BCUT2D eigenvalue weighted by Gasteiger charge is 2.13. The zero-order valence-electron chi connectivity index (χ0n) is 10.9. The first-order valence-corrected chi connectivity index (χ1v) is 6.13. The summed E-state index contributed by atoms with van der Waals surface area (Å²) in [5.74, 6) is -0.0334. The van der Waals surface area contributed by atoms with Crippen LogP contribution in [0.25, 0.3) is 0 Å². The summed E-state index contributed by atoms with van der Waals surface area (Å²) in [6.07, 6.45) is 0.392. The maximum Gasteiger partial charge on any atom is 0.288 e. The van der Waals surface area contributed by atoms with Crippen molar-refractivity contribution in [1.82, 2.24) is 10.2 Å². The molecule has 0 spiro atoms. The van der Waals surface area contributed by atoms with Crippen LogP contribution in [0, 0.1) is 10.1 Å². The minimum Gasteiger partial charge on any atom is -0.359 e. The molecular weight excluding hydrogens is 270 g/mol. The van der Waals surface area contributed by atoms with E-state index in [-0.39, 0.29) is 16.6 Å². The molecule has 0 saturated carbocycles. The Kier molecular flexibility index (Phi) is 5.72. The summed E-state index contributed by atoms with van der Waals surface area (Å²) in [7, 11) is 3.44. The van der Waals surface area contributed by atoms with Crippen molar-refractivity contribution in [2.45, 2.75) is 13.0 Å². The quantitative estimate of drug-likeness (QED) is 0.639. The number of amides is 1. The Balaban J connectivity index is 2.64. The molecule has 0 aromatic heterocycles. The van der Waals surface area contributed by atoms with Crippen molar-refractivity contribution in [3.05, 3.63) is 38.9 Å². The second-order valence-corrected chi connectivity index (χ2v) is 4.61. The molecule has 0 aliphatic rings. The van der Waals surface area contributed by atoms with Gasteiger partial charge in [0.15, 0.2) is 0 Å². The van der Waals surface area contributed by atoms with Gasteiger partial charge in [-0.15, -0.1) is 0 Å². The van der Waals surface area contributed by atoms with Crippen LogP contribution in [0.15, 0.2) is 18.2 Å². The maximum absolute atomic E-state index is 11.1. The van der Waals surface area contributed by atoms with Gasteiger partial charge in [0.05, 0.1) is 4.92 Å². The zero-order valence-corrected chi connectivity index (χ0v) is 11.6. The molecule has 0 aliphatic heterocycles. The Morgan fingerprint density at radius 2 is 2.21 bits per heavy atom. The van der Waals surface area contributed by atoms with E-state index >= 15 is 0 Å². The van der Waals surface area contributed by atoms with Gasteiger partial charge < -0.3 is 10.2 Å². The maximum atomic E-state index is 11.1. The molecule has 6 nitrogen and oxygen atoms in total. The van der Waals surface area contributed by atoms with E-state index in [1.165, 1.54) is 12.1 Å². The Morgan fingerprint density at radius 1 is 1.53 bits per heavy atom. The van der Waals surface area contributed by atoms with Gasteiger partial charge in [0.25, 0.3) is 5.69 Å². The van der Waals surface area contributed by atoms with Gasteiger partial charge in [0.1, 0.15) is 5.02 Å². The Hall–Kier alpha value is -1.66. The Bertz CT molecular complexity index is 479. The number of nitrogens with one attached hydrogen (secondary N) is 1. The summed E-state index contributed by atoms with van der Waals surface area (Å²) < 4.78 is 0. The predicted molar refractivity (Wildman–Crippen MR) is 73.1 cm³/mol. The molecule has 0 aliphatic carbocycles. The lowest BCUT2D eigenvalue weighted by molar-refractivity contribution is -0.384. The van der Waals surface area contributed by atoms with Crippen molar-refractivity contribution in [1.29, 1.82) is 0 Å². The molecule has 0 fully saturated rings. The lowest BCUT2D eigenvalue weighted by Crippen LogP contribution is -2.26. The van der Waals surface area contributed by atoms with Crippen molar-refractivity contribution >= 4 is 23.2 Å². The van der Waals surface area contributed by atoms with Crippen LogP contribution < -0.4 is 5.32 Å². The van der Waals surface area contributed by atoms with Crippen LogP contribution in [0.5, 0.6) is 0 Å². The number of carbonyl (C=O) groups is 1. The number of carbonyl (C=O) groups excluding carboxylic acids is 1. The molecule has 7 heteroatoms. The molecule has 1 amide bonds. The highest BCUT2D eigenvalue weighted by Crippen LogP contribution is 2.25. The fraction of sp³-hybridized carbons (Fsp3) is 0.417. The van der Waals surface area contributed by atoms with Crippen LogP contribution in [0.1, 0.15) is 12.0 Å². The lowest BCUT2D eigenvalue weighted by atomic mass is 10.2. The number of nitro benzene ring substituents is 1. The van der Waals surface area contributed by atoms with Gasteiger partial charge in [-0.25, -0.2) is 0 Å². The third-order valence-electron chi connectivity index (χ3n) is 2.66. The zero-order chi connectivity index (χ0) is 14.4. The second-order valence-electron chi connectivity index (χ2n) is 4.20. The van der Waals surface area contributed by atoms with Crippen molar-refractivity contribution in [3.8, 4) is 0 Å². The summed E-state index contributed by atoms with van der Waals surface area (Å²) in [5, 5.41) is 13.4. The van der Waals surface area contributed by atoms with Gasteiger partial charge in [-0.3, -0.25) is 14.9 Å². The third-order valence-corrected chi connectivity index (χ3v) is 2.98. The molecule has 0 unspecified atom stereocenters. The molecule has 19 heavy (non-hydrogen) atoms. The topological polar surface area (TPSA) is 75.5 Å². The van der Waals surface area contributed by atoms with E-state index in [1.54, 1.807) is 13.1 Å². The van der Waals surface area contributed by atoms with E-state index < -0.39 is 4.92 Å². The lowest BCUT2D eigenvalue weighted by Gasteiger charge is -2.16. The molecule has 104 valence electrons. The smallest absolute Gasteiger partial charge is 0.288 e. The first-order chi connectivity index (χ1) is 8.93. The largest absolute Gasteiger partial charge is 0.359 e. The van der Waals surface area contributed by atoms with Gasteiger partial charge >= 0.3 is 0 Å². The van der Waals surface area contributed by atoms with Crippen LogP contribution in [0.2, 0.25) is 5.02 Å². The molecule has 1 N–H and O–H groups in total. The summed E-state index contributed by atoms with van der Waals surface area (Å²) in [4.78, 5) is 23.3. The SMILES string of the molecule is CNC(=O)CCN(C)Cc1ccc(Cl)c([N+](=O)[O-])c1. The minimum atomic E-state index is -0.504. The van der Waals surface area contributed by atoms with Crippen LogP contribution >= 0.6 is 11.6 Å². The second kappa shape index (κ2) is 7.06. The number of benzene rings is 1. The highest BCUT2D eigenvalue weighted by molar-refractivity contribution is 6.32. The number of nitro groups is 1. The molecule has 0 radical (unpaired) electrons. The van der Waals surface area contributed by atoms with Gasteiger partial charge in [0, 0.05) is 32.6 Å². The first kappa shape index (κ1) is 15.4. The van der Waals surface area contributed by atoms with Gasteiger partial charge in [-0.2, -0.15) is 0 Å².